The number of ether oxygens (including phenoxy) is 1. The summed E-state index contributed by atoms with van der Waals surface area (Å²) in [5.41, 5.74) is 5.85. The Morgan fingerprint density at radius 1 is 1.39 bits per heavy atom. The van der Waals surface area contributed by atoms with E-state index in [1.165, 1.54) is 12.1 Å². The fraction of sp³-hybridized carbons (Fsp3) is 0.500. The van der Waals surface area contributed by atoms with Gasteiger partial charge in [0.1, 0.15) is 6.10 Å². The molecule has 2 atom stereocenters. The molecular weight excluding hydrogens is 256 g/mol. The Hall–Kier alpha value is -1.33. The van der Waals surface area contributed by atoms with Crippen LogP contribution in [0, 0.1) is 10.1 Å². The summed E-state index contributed by atoms with van der Waals surface area (Å²) in [5, 5.41) is 11.3. The molecule has 0 aliphatic heterocycles. The van der Waals surface area contributed by atoms with Crippen molar-refractivity contribution >= 4 is 17.3 Å². The smallest absolute Gasteiger partial charge is 0.312 e. The minimum absolute atomic E-state index is 0.0611. The van der Waals surface area contributed by atoms with Gasteiger partial charge in [-0.25, -0.2) is 0 Å². The molecule has 5 nitrogen and oxygen atoms in total. The fourth-order valence-electron chi connectivity index (χ4n) is 2.17. The summed E-state index contributed by atoms with van der Waals surface area (Å²) in [5.74, 6) is 0.242. The number of halogens is 1. The van der Waals surface area contributed by atoms with Gasteiger partial charge in [0.15, 0.2) is 5.75 Å². The molecule has 98 valence electrons. The summed E-state index contributed by atoms with van der Waals surface area (Å²) in [6.07, 6.45) is 3.70. The van der Waals surface area contributed by atoms with Crippen LogP contribution in [0.1, 0.15) is 25.7 Å². The van der Waals surface area contributed by atoms with E-state index in [0.717, 1.165) is 25.7 Å². The average Bonchev–Trinajstić information content (AvgIpc) is 2.34. The molecule has 1 aromatic carbocycles. The second-order valence-electron chi connectivity index (χ2n) is 4.47. The molecule has 0 amide bonds. The van der Waals surface area contributed by atoms with Gasteiger partial charge in [-0.1, -0.05) is 18.0 Å². The van der Waals surface area contributed by atoms with E-state index in [0.29, 0.717) is 5.02 Å². The first-order valence-corrected chi connectivity index (χ1v) is 6.32. The molecule has 1 aliphatic rings. The zero-order chi connectivity index (χ0) is 13.1. The van der Waals surface area contributed by atoms with Crippen LogP contribution in [-0.2, 0) is 0 Å². The molecule has 6 heteroatoms. The Morgan fingerprint density at radius 2 is 2.11 bits per heavy atom. The highest BCUT2D eigenvalue weighted by Crippen LogP contribution is 2.32. The maximum absolute atomic E-state index is 10.9. The third-order valence-corrected chi connectivity index (χ3v) is 3.38. The molecule has 2 N–H and O–H groups in total. The molecular formula is C12H15ClN2O3. The van der Waals surface area contributed by atoms with Crippen LogP contribution >= 0.6 is 11.6 Å². The van der Waals surface area contributed by atoms with Gasteiger partial charge in [-0.05, 0) is 31.4 Å². The Labute approximate surface area is 110 Å². The van der Waals surface area contributed by atoms with Crippen molar-refractivity contribution in [1.29, 1.82) is 0 Å². The van der Waals surface area contributed by atoms with Crippen molar-refractivity contribution < 1.29 is 9.66 Å². The number of hydrogen-bond donors (Lipinski definition) is 1. The summed E-state index contributed by atoms with van der Waals surface area (Å²) in [6.45, 7) is 0. The quantitative estimate of drug-likeness (QED) is 0.677. The lowest BCUT2D eigenvalue weighted by Gasteiger charge is -2.28. The molecule has 1 aromatic rings. The van der Waals surface area contributed by atoms with Crippen molar-refractivity contribution in [2.45, 2.75) is 37.8 Å². The monoisotopic (exact) mass is 270 g/mol. The van der Waals surface area contributed by atoms with Gasteiger partial charge in [-0.15, -0.1) is 0 Å². The molecule has 0 spiro atoms. The summed E-state index contributed by atoms with van der Waals surface area (Å²) >= 11 is 5.75. The fourth-order valence-corrected chi connectivity index (χ4v) is 2.33. The van der Waals surface area contributed by atoms with Gasteiger partial charge in [0.2, 0.25) is 0 Å². The predicted molar refractivity (Wildman–Crippen MR) is 69.0 cm³/mol. The molecule has 0 radical (unpaired) electrons. The van der Waals surface area contributed by atoms with E-state index in [1.54, 1.807) is 6.07 Å². The molecule has 2 rings (SSSR count). The van der Waals surface area contributed by atoms with Crippen LogP contribution < -0.4 is 10.5 Å². The first-order valence-electron chi connectivity index (χ1n) is 5.94. The van der Waals surface area contributed by atoms with E-state index in [2.05, 4.69) is 0 Å². The molecule has 2 unspecified atom stereocenters. The van der Waals surface area contributed by atoms with Crippen LogP contribution in [0.15, 0.2) is 18.2 Å². The number of rotatable bonds is 3. The number of nitrogens with two attached hydrogens (primary N) is 1. The van der Waals surface area contributed by atoms with E-state index in [1.807, 2.05) is 0 Å². The molecule has 1 aliphatic carbocycles. The second-order valence-corrected chi connectivity index (χ2v) is 4.91. The highest BCUT2D eigenvalue weighted by atomic mass is 35.5. The SMILES string of the molecule is NC1CCCCC1Oc1ccc(Cl)cc1[N+](=O)[O-]. The predicted octanol–water partition coefficient (Wildman–Crippen LogP) is 2.90. The molecule has 0 saturated heterocycles. The maximum atomic E-state index is 10.9. The zero-order valence-electron chi connectivity index (χ0n) is 9.84. The Morgan fingerprint density at radius 3 is 2.78 bits per heavy atom. The van der Waals surface area contributed by atoms with Gasteiger partial charge in [-0.2, -0.15) is 0 Å². The van der Waals surface area contributed by atoms with Gasteiger partial charge in [0.05, 0.1) is 4.92 Å². The van der Waals surface area contributed by atoms with Crippen molar-refractivity contribution in [2.24, 2.45) is 5.73 Å². The molecule has 18 heavy (non-hydrogen) atoms. The number of nitrogens with zero attached hydrogens (tertiary/aromatic N) is 1. The molecule has 0 aromatic heterocycles. The van der Waals surface area contributed by atoms with E-state index in [9.17, 15) is 10.1 Å². The Bertz CT molecular complexity index is 453. The normalized spacial score (nSPS) is 23.7. The lowest BCUT2D eigenvalue weighted by atomic mass is 9.93. The summed E-state index contributed by atoms with van der Waals surface area (Å²) in [7, 11) is 0. The Kier molecular flexibility index (Phi) is 4.04. The zero-order valence-corrected chi connectivity index (χ0v) is 10.6. The third kappa shape index (κ3) is 2.91. The van der Waals surface area contributed by atoms with Gasteiger partial charge < -0.3 is 10.5 Å². The first-order chi connectivity index (χ1) is 8.58. The van der Waals surface area contributed by atoms with E-state index in [4.69, 9.17) is 22.1 Å². The highest BCUT2D eigenvalue weighted by molar-refractivity contribution is 6.30. The van der Waals surface area contributed by atoms with Crippen molar-refractivity contribution in [2.75, 3.05) is 0 Å². The van der Waals surface area contributed by atoms with Crippen molar-refractivity contribution in [3.63, 3.8) is 0 Å². The minimum Gasteiger partial charge on any atom is -0.482 e. The highest BCUT2D eigenvalue weighted by Gasteiger charge is 2.26. The van der Waals surface area contributed by atoms with E-state index in [-0.39, 0.29) is 23.6 Å². The van der Waals surface area contributed by atoms with Crippen molar-refractivity contribution in [3.8, 4) is 5.75 Å². The topological polar surface area (TPSA) is 78.4 Å². The standard InChI is InChI=1S/C12H15ClN2O3/c13-8-5-6-12(10(7-8)15(16)17)18-11-4-2-1-3-9(11)14/h5-7,9,11H,1-4,14H2. The van der Waals surface area contributed by atoms with Gasteiger partial charge in [-0.3, -0.25) is 10.1 Å². The van der Waals surface area contributed by atoms with E-state index < -0.39 is 4.92 Å². The summed E-state index contributed by atoms with van der Waals surface area (Å²) in [4.78, 5) is 10.4. The summed E-state index contributed by atoms with van der Waals surface area (Å²) in [6, 6.07) is 4.35. The Balaban J connectivity index is 2.20. The van der Waals surface area contributed by atoms with Gasteiger partial charge in [0.25, 0.3) is 0 Å². The summed E-state index contributed by atoms with van der Waals surface area (Å²) < 4.78 is 5.69. The largest absolute Gasteiger partial charge is 0.482 e. The van der Waals surface area contributed by atoms with Crippen LogP contribution in [0.3, 0.4) is 0 Å². The lowest BCUT2D eigenvalue weighted by Crippen LogP contribution is -2.41. The number of hydrogen-bond acceptors (Lipinski definition) is 4. The lowest BCUT2D eigenvalue weighted by molar-refractivity contribution is -0.386. The van der Waals surface area contributed by atoms with Crippen LogP contribution in [-0.4, -0.2) is 17.1 Å². The van der Waals surface area contributed by atoms with Crippen molar-refractivity contribution in [3.05, 3.63) is 33.3 Å². The number of nitro benzene ring substituents is 1. The molecule has 1 saturated carbocycles. The van der Waals surface area contributed by atoms with Crippen LogP contribution in [0.5, 0.6) is 5.75 Å². The van der Waals surface area contributed by atoms with Crippen LogP contribution in [0.4, 0.5) is 5.69 Å². The van der Waals surface area contributed by atoms with Gasteiger partial charge in [0, 0.05) is 17.1 Å². The number of benzene rings is 1. The molecule has 1 fully saturated rings. The average molecular weight is 271 g/mol. The molecule has 0 bridgehead atoms. The maximum Gasteiger partial charge on any atom is 0.312 e. The van der Waals surface area contributed by atoms with Gasteiger partial charge >= 0.3 is 5.69 Å². The van der Waals surface area contributed by atoms with Crippen molar-refractivity contribution in [1.82, 2.24) is 0 Å². The van der Waals surface area contributed by atoms with E-state index >= 15 is 0 Å². The second kappa shape index (κ2) is 5.54. The van der Waals surface area contributed by atoms with Crippen LogP contribution in [0.2, 0.25) is 5.02 Å². The minimum atomic E-state index is -0.491. The first kappa shape index (κ1) is 13.1. The molecule has 0 heterocycles. The van der Waals surface area contributed by atoms with Crippen LogP contribution in [0.25, 0.3) is 0 Å². The number of nitro groups is 1. The third-order valence-electron chi connectivity index (χ3n) is 3.15.